The summed E-state index contributed by atoms with van der Waals surface area (Å²) in [6, 6.07) is 6.26. The normalized spacial score (nSPS) is 14.6. The zero-order valence-corrected chi connectivity index (χ0v) is 30.7. The van der Waals surface area contributed by atoms with Gasteiger partial charge in [0.2, 0.25) is 11.7 Å². The van der Waals surface area contributed by atoms with Crippen LogP contribution >= 0.6 is 0 Å². The molecule has 54 heavy (non-hydrogen) atoms. The number of nitrogens with one attached hydrogen (secondary N) is 4. The number of hydrogen-bond acceptors (Lipinski definition) is 9. The third-order valence-corrected chi connectivity index (χ3v) is 8.93. The molecule has 0 unspecified atom stereocenters. The maximum atomic E-state index is 13.2. The van der Waals surface area contributed by atoms with Crippen LogP contribution in [0.15, 0.2) is 60.0 Å². The molecular formula is C37H42N10O7. The lowest BCUT2D eigenvalue weighted by Crippen LogP contribution is -2.35. The minimum absolute atomic E-state index is 0.0347. The van der Waals surface area contributed by atoms with Crippen molar-refractivity contribution in [3.8, 4) is 11.5 Å². The number of anilines is 3. The van der Waals surface area contributed by atoms with E-state index >= 15 is 0 Å². The molecule has 6 rings (SSSR count). The van der Waals surface area contributed by atoms with E-state index in [1.165, 1.54) is 23.9 Å². The minimum Gasteiger partial charge on any atom is -0.493 e. The van der Waals surface area contributed by atoms with Gasteiger partial charge >= 0.3 is 0 Å². The molecule has 2 aliphatic heterocycles. The molecule has 1 saturated heterocycles. The van der Waals surface area contributed by atoms with Gasteiger partial charge in [-0.1, -0.05) is 12.2 Å². The number of nitrogens with zero attached hydrogens (tertiary/aromatic N) is 6. The summed E-state index contributed by atoms with van der Waals surface area (Å²) in [5.74, 6) is -0.701. The summed E-state index contributed by atoms with van der Waals surface area (Å²) < 4.78 is 16.1. The van der Waals surface area contributed by atoms with Crippen molar-refractivity contribution in [1.82, 2.24) is 28.9 Å². The molecule has 4 N–H and O–H groups in total. The second kappa shape index (κ2) is 15.5. The molecule has 5 amide bonds. The molecule has 5 heterocycles. The van der Waals surface area contributed by atoms with Crippen LogP contribution in [0.2, 0.25) is 0 Å². The van der Waals surface area contributed by atoms with E-state index in [4.69, 9.17) is 9.47 Å². The molecule has 0 spiro atoms. The number of hydrogen-bond donors (Lipinski definition) is 4. The Morgan fingerprint density at radius 2 is 1.57 bits per heavy atom. The zero-order valence-electron chi connectivity index (χ0n) is 30.7. The van der Waals surface area contributed by atoms with E-state index in [1.807, 2.05) is 6.92 Å². The second-order valence-electron chi connectivity index (χ2n) is 13.0. The van der Waals surface area contributed by atoms with E-state index in [-0.39, 0.29) is 54.1 Å². The highest BCUT2D eigenvalue weighted by Gasteiger charge is 2.34. The first-order valence-electron chi connectivity index (χ1n) is 17.3. The van der Waals surface area contributed by atoms with Crippen molar-refractivity contribution in [3.05, 3.63) is 77.8 Å². The number of aryl methyl sites for hydroxylation is 3. The molecule has 0 bridgehead atoms. The van der Waals surface area contributed by atoms with Crippen molar-refractivity contribution in [2.45, 2.75) is 32.2 Å². The summed E-state index contributed by atoms with van der Waals surface area (Å²) in [5.41, 5.74) is 3.35. The maximum Gasteiger partial charge on any atom is 0.291 e. The molecule has 1 aromatic carbocycles. The number of rotatable bonds is 13. The number of carbonyl (C=O) groups is 5. The summed E-state index contributed by atoms with van der Waals surface area (Å²) in [6.45, 7) is 6.97. The van der Waals surface area contributed by atoms with Gasteiger partial charge in [0, 0.05) is 71.5 Å². The average Bonchev–Trinajstić information content (AvgIpc) is 3.88. The number of aromatic nitrogens is 4. The van der Waals surface area contributed by atoms with E-state index < -0.39 is 11.8 Å². The number of amides is 5. The molecule has 0 radical (unpaired) electrons. The summed E-state index contributed by atoms with van der Waals surface area (Å²) in [4.78, 5) is 75.0. The SMILES string of the molecule is C=C1C[C@H]2C=Nc3cc(OCCCC(=O)Nc4cn(C)c(C(=O)Nc5cc(C(=O)Nc6cc(C(=O)NCC)n(C)c6)n(C)c5)n4)c(OC)cc3C(=O)N2C1. The van der Waals surface area contributed by atoms with Crippen molar-refractivity contribution in [1.29, 1.82) is 0 Å². The Hall–Kier alpha value is -6.65. The lowest BCUT2D eigenvalue weighted by Gasteiger charge is -2.20. The van der Waals surface area contributed by atoms with Gasteiger partial charge in [0.15, 0.2) is 17.3 Å². The molecule has 1 atom stereocenters. The Bertz CT molecular complexity index is 2190. The number of ether oxygens (including phenoxy) is 2. The molecule has 17 nitrogen and oxygen atoms in total. The summed E-state index contributed by atoms with van der Waals surface area (Å²) in [7, 11) is 6.48. The number of carbonyl (C=O) groups excluding carboxylic acids is 5. The van der Waals surface area contributed by atoms with Gasteiger partial charge in [0.05, 0.1) is 42.4 Å². The highest BCUT2D eigenvalue weighted by molar-refractivity contribution is 6.07. The second-order valence-corrected chi connectivity index (χ2v) is 13.0. The molecule has 3 aromatic heterocycles. The van der Waals surface area contributed by atoms with Crippen LogP contribution in [0.25, 0.3) is 0 Å². The van der Waals surface area contributed by atoms with E-state index in [0.29, 0.717) is 65.7 Å². The van der Waals surface area contributed by atoms with Crippen LogP contribution in [0, 0.1) is 0 Å². The standard InChI is InChI=1S/C37H42N10O7/c1-7-38-34(49)27-12-22(18-44(27)3)40-35(50)28-13-23(19-45(28)4)41-36(51)33-43-31(20-46(33)5)42-32(48)9-8-10-54-30-15-26-25(14-29(30)53-6)37(52)47-17-21(2)11-24(47)16-39-26/h12-16,18-20,24H,2,7-11,17H2,1,3-6H3,(H,38,49)(H,40,50)(H,41,51)(H,42,48)/t24-/m0/s1. The third-order valence-electron chi connectivity index (χ3n) is 8.93. The van der Waals surface area contributed by atoms with E-state index in [1.54, 1.807) is 72.0 Å². The van der Waals surface area contributed by atoms with Crippen LogP contribution in [0.4, 0.5) is 22.9 Å². The van der Waals surface area contributed by atoms with Gasteiger partial charge in [-0.25, -0.2) is 4.98 Å². The number of benzene rings is 1. The lowest BCUT2D eigenvalue weighted by molar-refractivity contribution is -0.116. The fraction of sp³-hybridized carbons (Fsp3) is 0.324. The predicted octanol–water partition coefficient (Wildman–Crippen LogP) is 3.64. The van der Waals surface area contributed by atoms with Crippen molar-refractivity contribution in [2.75, 3.05) is 42.8 Å². The highest BCUT2D eigenvalue weighted by atomic mass is 16.5. The fourth-order valence-corrected chi connectivity index (χ4v) is 6.31. The Labute approximate surface area is 311 Å². The van der Waals surface area contributed by atoms with E-state index in [9.17, 15) is 24.0 Å². The van der Waals surface area contributed by atoms with Crippen molar-refractivity contribution >= 4 is 58.6 Å². The fourth-order valence-electron chi connectivity index (χ4n) is 6.31. The first-order valence-corrected chi connectivity index (χ1v) is 17.3. The smallest absolute Gasteiger partial charge is 0.291 e. The maximum absolute atomic E-state index is 13.2. The Morgan fingerprint density at radius 3 is 2.26 bits per heavy atom. The van der Waals surface area contributed by atoms with Gasteiger partial charge in [-0.15, -0.1) is 0 Å². The monoisotopic (exact) mass is 738 g/mol. The van der Waals surface area contributed by atoms with Crippen LogP contribution in [-0.4, -0.2) is 92.2 Å². The Morgan fingerprint density at radius 1 is 0.889 bits per heavy atom. The van der Waals surface area contributed by atoms with Gasteiger partial charge in [-0.05, 0) is 38.0 Å². The quantitative estimate of drug-likeness (QED) is 0.118. The third kappa shape index (κ3) is 7.89. The summed E-state index contributed by atoms with van der Waals surface area (Å²) in [5, 5.41) is 10.9. The molecule has 1 fully saturated rings. The van der Waals surface area contributed by atoms with Crippen LogP contribution < -0.4 is 30.7 Å². The molecular weight excluding hydrogens is 696 g/mol. The zero-order chi connectivity index (χ0) is 38.7. The van der Waals surface area contributed by atoms with Gasteiger partial charge in [-0.2, -0.15) is 0 Å². The molecule has 4 aromatic rings. The molecule has 282 valence electrons. The van der Waals surface area contributed by atoms with Crippen LogP contribution in [0.1, 0.15) is 68.1 Å². The number of methoxy groups -OCH3 is 1. The largest absolute Gasteiger partial charge is 0.493 e. The first-order chi connectivity index (χ1) is 25.8. The van der Waals surface area contributed by atoms with E-state index in [0.717, 1.165) is 5.57 Å². The van der Waals surface area contributed by atoms with Gasteiger partial charge in [0.25, 0.3) is 23.6 Å². The summed E-state index contributed by atoms with van der Waals surface area (Å²) in [6.07, 6.45) is 7.63. The highest BCUT2D eigenvalue weighted by Crippen LogP contribution is 2.38. The lowest BCUT2D eigenvalue weighted by atomic mass is 10.1. The predicted molar refractivity (Wildman–Crippen MR) is 201 cm³/mol. The minimum atomic E-state index is -0.551. The van der Waals surface area contributed by atoms with Gasteiger partial charge in [0.1, 0.15) is 11.4 Å². The number of aliphatic imine (C=N–C) groups is 1. The molecule has 0 saturated carbocycles. The summed E-state index contributed by atoms with van der Waals surface area (Å²) >= 11 is 0. The van der Waals surface area contributed by atoms with Crippen LogP contribution in [-0.2, 0) is 25.9 Å². The van der Waals surface area contributed by atoms with Crippen molar-refractivity contribution in [2.24, 2.45) is 26.1 Å². The van der Waals surface area contributed by atoms with Crippen LogP contribution in [0.3, 0.4) is 0 Å². The first kappa shape index (κ1) is 37.1. The number of imidazole rings is 1. The topological polar surface area (TPSA) is 195 Å². The van der Waals surface area contributed by atoms with Gasteiger partial charge in [-0.3, -0.25) is 29.0 Å². The van der Waals surface area contributed by atoms with Crippen LogP contribution in [0.5, 0.6) is 11.5 Å². The van der Waals surface area contributed by atoms with Crippen molar-refractivity contribution < 1.29 is 33.4 Å². The molecule has 17 heteroatoms. The molecule has 2 aliphatic rings. The van der Waals surface area contributed by atoms with Crippen molar-refractivity contribution in [3.63, 3.8) is 0 Å². The van der Waals surface area contributed by atoms with Gasteiger partial charge < -0.3 is 49.3 Å². The average molecular weight is 739 g/mol. The molecule has 0 aliphatic carbocycles. The Balaban J connectivity index is 1.00. The Kier molecular flexibility index (Phi) is 10.7. The van der Waals surface area contributed by atoms with E-state index in [2.05, 4.69) is 37.8 Å². The number of fused-ring (bicyclic) bond motifs is 2.